The first-order valence-electron chi connectivity index (χ1n) is 11.0. The van der Waals surface area contributed by atoms with Gasteiger partial charge in [0.1, 0.15) is 40.4 Å². The number of rotatable bonds is 5. The quantitative estimate of drug-likeness (QED) is 0.286. The molecule has 2 heterocycles. The molecule has 1 atom stereocenters. The molecule has 0 aliphatic carbocycles. The van der Waals surface area contributed by atoms with Crippen molar-refractivity contribution in [2.24, 2.45) is 0 Å². The van der Waals surface area contributed by atoms with E-state index in [2.05, 4.69) is 0 Å². The van der Waals surface area contributed by atoms with Gasteiger partial charge in [-0.1, -0.05) is 24.3 Å². The molecule has 7 heteroatoms. The Morgan fingerprint density at radius 1 is 0.943 bits per heavy atom. The number of Topliss-reactive ketones (excluding diaryl/α,β-unsaturated/α-hetero) is 1. The van der Waals surface area contributed by atoms with E-state index in [0.717, 1.165) is 16.9 Å². The predicted octanol–water partition coefficient (Wildman–Crippen LogP) is 5.25. The van der Waals surface area contributed by atoms with Gasteiger partial charge >= 0.3 is 5.97 Å². The SMILES string of the molecule is COc1cccc(OC)c1C(=O)Oc1ccc2c(c1)OC(=CC1=Cc3ccccc3OC1C)C2=O. The van der Waals surface area contributed by atoms with Gasteiger partial charge in [-0.05, 0) is 55.0 Å². The summed E-state index contributed by atoms with van der Waals surface area (Å²) in [5.74, 6) is 1.24. The Labute approximate surface area is 202 Å². The van der Waals surface area contributed by atoms with Gasteiger partial charge in [0, 0.05) is 11.6 Å². The molecular formula is C28H22O7. The van der Waals surface area contributed by atoms with Gasteiger partial charge in [0.05, 0.1) is 19.8 Å². The maximum atomic E-state index is 12.9. The van der Waals surface area contributed by atoms with Crippen molar-refractivity contribution in [2.45, 2.75) is 13.0 Å². The zero-order valence-corrected chi connectivity index (χ0v) is 19.4. The van der Waals surface area contributed by atoms with Crippen LogP contribution >= 0.6 is 0 Å². The molecule has 0 N–H and O–H groups in total. The van der Waals surface area contributed by atoms with Gasteiger partial charge < -0.3 is 23.7 Å². The highest BCUT2D eigenvalue weighted by atomic mass is 16.5. The van der Waals surface area contributed by atoms with Gasteiger partial charge in [0.2, 0.25) is 5.78 Å². The fourth-order valence-electron chi connectivity index (χ4n) is 4.01. The zero-order valence-electron chi connectivity index (χ0n) is 19.4. The molecule has 0 saturated heterocycles. The van der Waals surface area contributed by atoms with Crippen molar-refractivity contribution in [1.29, 1.82) is 0 Å². The maximum Gasteiger partial charge on any atom is 0.351 e. The van der Waals surface area contributed by atoms with Gasteiger partial charge in [0.25, 0.3) is 0 Å². The number of allylic oxidation sites excluding steroid dienone is 1. The number of carbonyl (C=O) groups is 2. The molecule has 7 nitrogen and oxygen atoms in total. The van der Waals surface area contributed by atoms with E-state index in [9.17, 15) is 9.59 Å². The molecule has 2 aliphatic rings. The summed E-state index contributed by atoms with van der Waals surface area (Å²) in [4.78, 5) is 25.8. The highest BCUT2D eigenvalue weighted by Crippen LogP contribution is 2.37. The average molecular weight is 470 g/mol. The van der Waals surface area contributed by atoms with E-state index in [-0.39, 0.29) is 29.0 Å². The van der Waals surface area contributed by atoms with Gasteiger partial charge in [-0.2, -0.15) is 0 Å². The number of carbonyl (C=O) groups excluding carboxylic acids is 2. The van der Waals surface area contributed by atoms with Crippen LogP contribution < -0.4 is 23.7 Å². The van der Waals surface area contributed by atoms with Crippen LogP contribution in [0.4, 0.5) is 0 Å². The summed E-state index contributed by atoms with van der Waals surface area (Å²) in [7, 11) is 2.92. The number of para-hydroxylation sites is 1. The summed E-state index contributed by atoms with van der Waals surface area (Å²) in [5, 5.41) is 0. The molecule has 1 unspecified atom stereocenters. The summed E-state index contributed by atoms with van der Waals surface area (Å²) in [5.41, 5.74) is 2.29. The van der Waals surface area contributed by atoms with Crippen LogP contribution in [0.2, 0.25) is 0 Å². The van der Waals surface area contributed by atoms with Crippen LogP contribution in [0.15, 0.2) is 78.1 Å². The van der Waals surface area contributed by atoms with Crippen molar-refractivity contribution in [3.8, 4) is 28.7 Å². The third kappa shape index (κ3) is 4.12. The van der Waals surface area contributed by atoms with E-state index >= 15 is 0 Å². The lowest BCUT2D eigenvalue weighted by atomic mass is 10.0. The second-order valence-corrected chi connectivity index (χ2v) is 7.97. The number of ether oxygens (including phenoxy) is 5. The molecule has 0 bridgehead atoms. The fraction of sp³-hybridized carbons (Fsp3) is 0.143. The van der Waals surface area contributed by atoms with Crippen molar-refractivity contribution in [3.05, 3.63) is 94.8 Å². The monoisotopic (exact) mass is 470 g/mol. The number of hydrogen-bond donors (Lipinski definition) is 0. The van der Waals surface area contributed by atoms with Crippen molar-refractivity contribution < 1.29 is 33.3 Å². The molecule has 0 radical (unpaired) electrons. The van der Waals surface area contributed by atoms with Gasteiger partial charge in [-0.3, -0.25) is 4.79 Å². The van der Waals surface area contributed by atoms with E-state index in [1.165, 1.54) is 20.3 Å². The Hall–Kier alpha value is -4.52. The Balaban J connectivity index is 1.40. The van der Waals surface area contributed by atoms with Crippen LogP contribution in [0.3, 0.4) is 0 Å². The summed E-state index contributed by atoms with van der Waals surface area (Å²) < 4.78 is 27.9. The molecule has 3 aromatic carbocycles. The third-order valence-corrected chi connectivity index (χ3v) is 5.80. The molecule has 0 spiro atoms. The third-order valence-electron chi connectivity index (χ3n) is 5.80. The van der Waals surface area contributed by atoms with Crippen LogP contribution in [-0.4, -0.2) is 32.1 Å². The first-order valence-corrected chi connectivity index (χ1v) is 11.0. The van der Waals surface area contributed by atoms with Gasteiger partial charge in [0.15, 0.2) is 5.76 Å². The minimum absolute atomic E-state index is 0.161. The number of methoxy groups -OCH3 is 2. The first-order chi connectivity index (χ1) is 17.0. The smallest absolute Gasteiger partial charge is 0.351 e. The Kier molecular flexibility index (Phi) is 5.74. The minimum Gasteiger partial charge on any atom is -0.496 e. The molecule has 35 heavy (non-hydrogen) atoms. The summed E-state index contributed by atoms with van der Waals surface area (Å²) in [6.45, 7) is 1.91. The van der Waals surface area contributed by atoms with Crippen LogP contribution in [-0.2, 0) is 0 Å². The van der Waals surface area contributed by atoms with Gasteiger partial charge in [-0.25, -0.2) is 4.79 Å². The van der Waals surface area contributed by atoms with Crippen LogP contribution in [0, 0.1) is 0 Å². The molecule has 176 valence electrons. The topological polar surface area (TPSA) is 80.3 Å². The van der Waals surface area contributed by atoms with Crippen LogP contribution in [0.25, 0.3) is 6.08 Å². The number of hydrogen-bond acceptors (Lipinski definition) is 7. The zero-order chi connectivity index (χ0) is 24.5. The highest BCUT2D eigenvalue weighted by molar-refractivity contribution is 6.12. The van der Waals surface area contributed by atoms with E-state index in [0.29, 0.717) is 22.8 Å². The van der Waals surface area contributed by atoms with Crippen molar-refractivity contribution >= 4 is 17.8 Å². The molecule has 5 rings (SSSR count). The predicted molar refractivity (Wildman–Crippen MR) is 128 cm³/mol. The maximum absolute atomic E-state index is 12.9. The molecule has 0 amide bonds. The van der Waals surface area contributed by atoms with Crippen molar-refractivity contribution in [2.75, 3.05) is 14.2 Å². The number of fused-ring (bicyclic) bond motifs is 2. The van der Waals surface area contributed by atoms with E-state index in [4.69, 9.17) is 23.7 Å². The highest BCUT2D eigenvalue weighted by Gasteiger charge is 2.30. The lowest BCUT2D eigenvalue weighted by Crippen LogP contribution is -2.18. The van der Waals surface area contributed by atoms with Crippen molar-refractivity contribution in [3.63, 3.8) is 0 Å². The lowest BCUT2D eigenvalue weighted by molar-refractivity contribution is 0.0727. The van der Waals surface area contributed by atoms with E-state index in [1.54, 1.807) is 36.4 Å². The first kappa shape index (κ1) is 22.3. The summed E-state index contributed by atoms with van der Waals surface area (Å²) >= 11 is 0. The molecule has 0 saturated carbocycles. The Morgan fingerprint density at radius 2 is 1.69 bits per heavy atom. The fourth-order valence-corrected chi connectivity index (χ4v) is 4.01. The lowest BCUT2D eigenvalue weighted by Gasteiger charge is -2.22. The summed E-state index contributed by atoms with van der Waals surface area (Å²) in [6.07, 6.45) is 3.42. The summed E-state index contributed by atoms with van der Waals surface area (Å²) in [6, 6.07) is 17.3. The van der Waals surface area contributed by atoms with E-state index in [1.807, 2.05) is 37.3 Å². The number of esters is 1. The molecule has 2 aliphatic heterocycles. The largest absolute Gasteiger partial charge is 0.496 e. The number of ketones is 1. The molecule has 0 aromatic heterocycles. The molecular weight excluding hydrogens is 448 g/mol. The second kappa shape index (κ2) is 9.02. The standard InChI is InChI=1S/C28H22O7/c1-16-18(13-17-7-4-5-8-21(17)33-16)14-25-27(29)20-12-11-19(15-24(20)35-25)34-28(30)26-22(31-2)9-6-10-23(26)32-3/h4-16H,1-3H3. The second-order valence-electron chi connectivity index (χ2n) is 7.97. The normalized spacial score (nSPS) is 17.0. The average Bonchev–Trinajstić information content (AvgIpc) is 3.18. The Morgan fingerprint density at radius 3 is 2.43 bits per heavy atom. The molecule has 0 fully saturated rings. The Bertz CT molecular complexity index is 1380. The van der Waals surface area contributed by atoms with Crippen LogP contribution in [0.5, 0.6) is 28.7 Å². The van der Waals surface area contributed by atoms with E-state index < -0.39 is 5.97 Å². The molecule has 3 aromatic rings. The minimum atomic E-state index is -0.656. The van der Waals surface area contributed by atoms with Gasteiger partial charge in [-0.15, -0.1) is 0 Å². The van der Waals surface area contributed by atoms with Crippen LogP contribution in [0.1, 0.15) is 33.2 Å². The van der Waals surface area contributed by atoms with Crippen molar-refractivity contribution in [1.82, 2.24) is 0 Å². The number of benzene rings is 3.